The predicted octanol–water partition coefficient (Wildman–Crippen LogP) is 0.596. The second kappa shape index (κ2) is 19.7. The summed E-state index contributed by atoms with van der Waals surface area (Å²) >= 11 is 0. The maximum Gasteiger partial charge on any atom is 0.310 e. The molecule has 1 unspecified atom stereocenters. The van der Waals surface area contributed by atoms with Crippen LogP contribution in [0.15, 0.2) is 0 Å². The molecule has 0 saturated carbocycles. The Morgan fingerprint density at radius 1 is 1.67 bits per heavy atom. The Labute approximate surface area is 39.8 Å². The van der Waals surface area contributed by atoms with Crippen molar-refractivity contribution in [2.24, 2.45) is 0 Å². The Kier molecular flexibility index (Phi) is 30.8. The molecule has 0 aromatic carbocycles. The van der Waals surface area contributed by atoms with Gasteiger partial charge in [-0.25, -0.2) is 0 Å². The van der Waals surface area contributed by atoms with Crippen LogP contribution in [0.25, 0.3) is 0 Å². The van der Waals surface area contributed by atoms with Crippen LogP contribution in [0, 0.1) is 0 Å². The normalized spacial score (nSPS) is 5.67. The van der Waals surface area contributed by atoms with E-state index in [1.165, 1.54) is 9.12 Å². The zero-order valence-corrected chi connectivity index (χ0v) is 5.00. The highest BCUT2D eigenvalue weighted by atomic mass is 31.0. The molecule has 0 aliphatic rings. The Hall–Kier alpha value is 0.0600. The molecule has 0 rings (SSSR count). The molecular formula is C3H10O2P+. The Morgan fingerprint density at radius 2 is 1.83 bits per heavy atom. The molecule has 0 aliphatic carbocycles. The third-order valence-corrected chi connectivity index (χ3v) is 0.224. The van der Waals surface area contributed by atoms with Crippen molar-refractivity contribution in [2.75, 3.05) is 6.61 Å². The molecule has 0 radical (unpaired) electrons. The van der Waals surface area contributed by atoms with Gasteiger partial charge in [-0.1, -0.05) is 11.5 Å². The molecular weight excluding hydrogens is 99.0 g/mol. The molecule has 0 heterocycles. The highest BCUT2D eigenvalue weighted by Gasteiger charge is 1.57. The molecule has 1 N–H and O–H groups in total. The molecule has 0 bridgehead atoms. The van der Waals surface area contributed by atoms with E-state index >= 15 is 0 Å². The van der Waals surface area contributed by atoms with Crippen molar-refractivity contribution in [3.63, 3.8) is 0 Å². The Bertz CT molecular complexity index is 16.3. The van der Waals surface area contributed by atoms with Gasteiger partial charge in [0.15, 0.2) is 0 Å². The summed E-state index contributed by atoms with van der Waals surface area (Å²) in [5.41, 5.74) is 0. The third kappa shape index (κ3) is 33.8. The highest BCUT2D eigenvalue weighted by molar-refractivity contribution is 7.00. The lowest BCUT2D eigenvalue weighted by atomic mass is 10.5. The molecule has 0 fully saturated rings. The molecule has 0 amide bonds. The monoisotopic (exact) mass is 109 g/mol. The van der Waals surface area contributed by atoms with E-state index in [4.69, 9.17) is 9.67 Å². The summed E-state index contributed by atoms with van der Waals surface area (Å²) in [5.74, 6) is 0. The van der Waals surface area contributed by atoms with Gasteiger partial charge in [-0.2, -0.15) is 0 Å². The summed E-state index contributed by atoms with van der Waals surface area (Å²) in [6, 6.07) is 0. The summed E-state index contributed by atoms with van der Waals surface area (Å²) < 4.78 is 8.17. The first-order valence-corrected chi connectivity index (χ1v) is 2.23. The third-order valence-electron chi connectivity index (χ3n) is 0.224. The zero-order chi connectivity index (χ0) is 5.41. The standard InChI is InChI=1S/C3H8O.H2OP/c1-2-3-4;1-2/h4H,2-3H2,1H3;2H2/q;+1. The fourth-order valence-corrected chi connectivity index (χ4v) is 0. The second-order valence-electron chi connectivity index (χ2n) is 0.724. The molecule has 0 saturated heterocycles. The molecule has 3 heteroatoms. The Balaban J connectivity index is 0. The van der Waals surface area contributed by atoms with Crippen LogP contribution in [0.2, 0.25) is 0 Å². The van der Waals surface area contributed by atoms with E-state index in [0.717, 1.165) is 6.42 Å². The molecule has 0 aromatic heterocycles. The van der Waals surface area contributed by atoms with Crippen molar-refractivity contribution in [1.82, 2.24) is 0 Å². The van der Waals surface area contributed by atoms with Crippen LogP contribution in [0.4, 0.5) is 0 Å². The van der Waals surface area contributed by atoms with Gasteiger partial charge in [-0.05, 0) is 6.42 Å². The first kappa shape index (κ1) is 9.41. The number of rotatable bonds is 1. The molecule has 1 atom stereocenters. The average Bonchev–Trinajstić information content (AvgIpc) is 1.72. The lowest BCUT2D eigenvalue weighted by Crippen LogP contribution is -1.69. The number of hydrogen-bond acceptors (Lipinski definition) is 2. The quantitative estimate of drug-likeness (QED) is 0.500. The van der Waals surface area contributed by atoms with Crippen LogP contribution < -0.4 is 0 Å². The summed E-state index contributed by atoms with van der Waals surface area (Å²) in [7, 11) is 1.17. The lowest BCUT2D eigenvalue weighted by molar-refractivity contribution is 0.295. The summed E-state index contributed by atoms with van der Waals surface area (Å²) in [6.07, 6.45) is 0.875. The van der Waals surface area contributed by atoms with E-state index < -0.39 is 0 Å². The SMILES string of the molecule is CCCO.O=[PH2+]. The number of aliphatic hydroxyl groups excluding tert-OH is 1. The van der Waals surface area contributed by atoms with Crippen LogP contribution in [0.1, 0.15) is 13.3 Å². The van der Waals surface area contributed by atoms with Gasteiger partial charge >= 0.3 is 9.12 Å². The average molecular weight is 109 g/mol. The smallest absolute Gasteiger partial charge is 0.310 e. The summed E-state index contributed by atoms with van der Waals surface area (Å²) in [4.78, 5) is 0. The summed E-state index contributed by atoms with van der Waals surface area (Å²) in [6.45, 7) is 2.25. The topological polar surface area (TPSA) is 37.3 Å². The maximum absolute atomic E-state index is 8.17. The lowest BCUT2D eigenvalue weighted by Gasteiger charge is -1.69. The van der Waals surface area contributed by atoms with Crippen molar-refractivity contribution in [3.05, 3.63) is 0 Å². The van der Waals surface area contributed by atoms with Crippen molar-refractivity contribution in [2.45, 2.75) is 13.3 Å². The van der Waals surface area contributed by atoms with E-state index in [2.05, 4.69) is 0 Å². The van der Waals surface area contributed by atoms with Gasteiger partial charge in [0.1, 0.15) is 0 Å². The second-order valence-corrected chi connectivity index (χ2v) is 0.724. The van der Waals surface area contributed by atoms with Crippen molar-refractivity contribution in [3.8, 4) is 0 Å². The minimum absolute atomic E-state index is 0.319. The van der Waals surface area contributed by atoms with Crippen LogP contribution in [0.3, 0.4) is 0 Å². The van der Waals surface area contributed by atoms with Crippen molar-refractivity contribution >= 4 is 9.12 Å². The number of aliphatic hydroxyl groups is 1. The van der Waals surface area contributed by atoms with Crippen LogP contribution in [-0.2, 0) is 4.57 Å². The van der Waals surface area contributed by atoms with E-state index in [1.54, 1.807) is 0 Å². The van der Waals surface area contributed by atoms with E-state index in [9.17, 15) is 0 Å². The van der Waals surface area contributed by atoms with Gasteiger partial charge in [0.05, 0.1) is 0 Å². The zero-order valence-electron chi connectivity index (χ0n) is 3.85. The predicted molar refractivity (Wildman–Crippen MR) is 27.8 cm³/mol. The molecule has 0 aliphatic heterocycles. The Morgan fingerprint density at radius 3 is 1.83 bits per heavy atom. The maximum atomic E-state index is 8.17. The first-order valence-electron chi connectivity index (χ1n) is 1.76. The molecule has 0 spiro atoms. The van der Waals surface area contributed by atoms with Gasteiger partial charge in [0, 0.05) is 6.61 Å². The highest BCUT2D eigenvalue weighted by Crippen LogP contribution is 1.61. The van der Waals surface area contributed by atoms with E-state index in [-0.39, 0.29) is 0 Å². The van der Waals surface area contributed by atoms with Crippen molar-refractivity contribution in [1.29, 1.82) is 0 Å². The van der Waals surface area contributed by atoms with Crippen LogP contribution in [-0.4, -0.2) is 11.7 Å². The van der Waals surface area contributed by atoms with E-state index in [0.29, 0.717) is 6.61 Å². The molecule has 2 nitrogen and oxygen atoms in total. The largest absolute Gasteiger partial charge is 0.396 e. The van der Waals surface area contributed by atoms with Gasteiger partial charge in [-0.3, -0.25) is 0 Å². The van der Waals surface area contributed by atoms with Gasteiger partial charge in [0.2, 0.25) is 0 Å². The fraction of sp³-hybridized carbons (Fsp3) is 1.00. The molecule has 6 heavy (non-hydrogen) atoms. The molecule has 0 aromatic rings. The van der Waals surface area contributed by atoms with Crippen LogP contribution >= 0.6 is 9.12 Å². The minimum atomic E-state index is 0.319. The summed E-state index contributed by atoms with van der Waals surface area (Å²) in [5, 5.41) is 7.88. The molecule has 38 valence electrons. The van der Waals surface area contributed by atoms with E-state index in [1.807, 2.05) is 6.92 Å². The van der Waals surface area contributed by atoms with Gasteiger partial charge in [0.25, 0.3) is 0 Å². The van der Waals surface area contributed by atoms with Crippen molar-refractivity contribution < 1.29 is 9.67 Å². The fourth-order valence-electron chi connectivity index (χ4n) is 0. The minimum Gasteiger partial charge on any atom is -0.396 e. The van der Waals surface area contributed by atoms with Gasteiger partial charge in [-0.15, -0.1) is 0 Å². The first-order chi connectivity index (χ1) is 2.91. The van der Waals surface area contributed by atoms with Gasteiger partial charge < -0.3 is 5.11 Å². The van der Waals surface area contributed by atoms with Crippen LogP contribution in [0.5, 0.6) is 0 Å². The number of hydrogen-bond donors (Lipinski definition) is 1.